The smallest absolute Gasteiger partial charge is 0.122 e. The molecule has 0 aliphatic carbocycles. The average molecular weight is 809 g/mol. The average Bonchev–Trinajstić information content (AvgIpc) is 3.97. The SMILES string of the molecule is CC[Si](CC)(CC)[C@@]12C[C@H]3O[C@H]4C[C@H]5O[C@@H](CC6(C)SCCCS6)[C@H](OCc6ccccc6)[C@@H](OCc6ccccc6)[C@@H]5O[C@@H]4C=C[C@@H]3O[C@H](CC=O)[C@@H]1O2. The zero-order valence-electron chi connectivity index (χ0n) is 32.9. The zero-order chi connectivity index (χ0) is 38.0. The lowest BCUT2D eigenvalue weighted by Crippen LogP contribution is -2.65. The number of thioether (sulfide) groups is 2. The summed E-state index contributed by atoms with van der Waals surface area (Å²) in [6.45, 7) is 10.3. The van der Waals surface area contributed by atoms with E-state index in [4.69, 9.17) is 33.2 Å². The minimum Gasteiger partial charge on any atom is -0.369 e. The van der Waals surface area contributed by atoms with Crippen molar-refractivity contribution in [2.45, 2.75) is 168 Å². The second-order valence-electron chi connectivity index (χ2n) is 16.5. The second kappa shape index (κ2) is 17.4. The Morgan fingerprint density at radius 2 is 1.38 bits per heavy atom. The molecule has 8 nitrogen and oxygen atoms in total. The normalized spacial score (nSPS) is 38.0. The third kappa shape index (κ3) is 8.23. The predicted molar refractivity (Wildman–Crippen MR) is 221 cm³/mol. The van der Waals surface area contributed by atoms with Gasteiger partial charge in [-0.3, -0.25) is 0 Å². The van der Waals surface area contributed by atoms with Crippen LogP contribution in [0, 0.1) is 0 Å². The largest absolute Gasteiger partial charge is 0.369 e. The Morgan fingerprint density at radius 3 is 2.00 bits per heavy atom. The molecule has 6 aliphatic rings. The lowest BCUT2D eigenvalue weighted by atomic mass is 9.86. The summed E-state index contributed by atoms with van der Waals surface area (Å²) < 4.78 is 49.1. The standard InChI is InChI=1S/C44H60O8S2Si/c1-5-55(6-2,7-3)44-27-37-33(48-34(21-22-45)42(44)52-44)20-19-32-35(49-37)25-36-40(51-32)41(47-29-31-17-12-9-13-18-31)39(46-28-30-15-10-8-11-16-30)38(50-36)26-43(4)53-23-14-24-54-43/h8-13,15-20,22,32-42H,5-7,14,21,23-29H2,1-4H3/t32-,33+,34-,35+,36-,37-,38+,39+,40-,41-,42+,44+/m1/s1. The van der Waals surface area contributed by atoms with Gasteiger partial charge in [0, 0.05) is 19.3 Å². The van der Waals surface area contributed by atoms with Gasteiger partial charge < -0.3 is 38.0 Å². The molecule has 0 aromatic heterocycles. The topological polar surface area (TPSA) is 85.0 Å². The Bertz CT molecular complexity index is 1580. The minimum atomic E-state index is -1.87. The third-order valence-electron chi connectivity index (χ3n) is 13.5. The first-order valence-corrected chi connectivity index (χ1v) is 25.4. The Kier molecular flexibility index (Phi) is 12.7. The van der Waals surface area contributed by atoms with Crippen LogP contribution in [0.15, 0.2) is 72.8 Å². The van der Waals surface area contributed by atoms with E-state index < -0.39 is 8.07 Å². The van der Waals surface area contributed by atoms with Crippen molar-refractivity contribution in [1.82, 2.24) is 0 Å². The maximum absolute atomic E-state index is 12.0. The molecule has 0 unspecified atom stereocenters. The van der Waals surface area contributed by atoms with E-state index in [0.29, 0.717) is 26.1 Å². The molecule has 2 aromatic carbocycles. The number of ether oxygens (including phenoxy) is 7. The van der Waals surface area contributed by atoms with Crippen molar-refractivity contribution in [3.8, 4) is 0 Å². The highest BCUT2D eigenvalue weighted by Crippen LogP contribution is 2.57. The van der Waals surface area contributed by atoms with Gasteiger partial charge in [0.2, 0.25) is 0 Å². The predicted octanol–water partition coefficient (Wildman–Crippen LogP) is 8.31. The van der Waals surface area contributed by atoms with Crippen LogP contribution in [-0.4, -0.2) is 102 Å². The number of hydrogen-bond donors (Lipinski definition) is 0. The Balaban J connectivity index is 1.09. The van der Waals surface area contributed by atoms with Crippen molar-refractivity contribution in [2.24, 2.45) is 0 Å². The molecule has 0 spiro atoms. The Labute approximate surface area is 337 Å². The number of epoxide rings is 1. The van der Waals surface area contributed by atoms with Crippen molar-refractivity contribution in [3.05, 3.63) is 83.9 Å². The van der Waals surface area contributed by atoms with Crippen LogP contribution in [0.25, 0.3) is 0 Å². The lowest BCUT2D eigenvalue weighted by molar-refractivity contribution is -0.300. The van der Waals surface area contributed by atoms with Gasteiger partial charge in [0.1, 0.15) is 42.9 Å². The first-order valence-electron chi connectivity index (χ1n) is 20.8. The highest BCUT2D eigenvalue weighted by Gasteiger charge is 2.72. The zero-order valence-corrected chi connectivity index (χ0v) is 35.6. The fourth-order valence-electron chi connectivity index (χ4n) is 10.3. The highest BCUT2D eigenvalue weighted by molar-refractivity contribution is 8.18. The summed E-state index contributed by atoms with van der Waals surface area (Å²) in [5, 5.41) is -0.249. The molecule has 8 rings (SSSR count). The molecular weight excluding hydrogens is 749 g/mol. The van der Waals surface area contributed by atoms with Crippen LogP contribution in [0.1, 0.15) is 70.9 Å². The van der Waals surface area contributed by atoms with E-state index in [-0.39, 0.29) is 76.4 Å². The molecule has 5 fully saturated rings. The van der Waals surface area contributed by atoms with Crippen LogP contribution in [0.3, 0.4) is 0 Å². The van der Waals surface area contributed by atoms with Crippen LogP contribution < -0.4 is 0 Å². The highest BCUT2D eigenvalue weighted by atomic mass is 32.2. The van der Waals surface area contributed by atoms with Gasteiger partial charge in [-0.15, -0.1) is 23.5 Å². The maximum atomic E-state index is 12.0. The summed E-state index contributed by atoms with van der Waals surface area (Å²) >= 11 is 4.09. The summed E-state index contributed by atoms with van der Waals surface area (Å²) in [6, 6.07) is 24.2. The molecule has 0 N–H and O–H groups in total. The van der Waals surface area contributed by atoms with E-state index in [2.05, 4.69) is 88.4 Å². The lowest BCUT2D eigenvalue weighted by Gasteiger charge is -2.52. The van der Waals surface area contributed by atoms with Gasteiger partial charge >= 0.3 is 0 Å². The molecule has 5 saturated heterocycles. The van der Waals surface area contributed by atoms with Gasteiger partial charge in [-0.1, -0.05) is 112 Å². The van der Waals surface area contributed by atoms with E-state index in [1.54, 1.807) is 0 Å². The molecule has 2 aromatic rings. The van der Waals surface area contributed by atoms with Crippen molar-refractivity contribution in [2.75, 3.05) is 11.5 Å². The van der Waals surface area contributed by atoms with E-state index in [1.807, 2.05) is 35.7 Å². The molecule has 12 atom stereocenters. The van der Waals surface area contributed by atoms with Crippen molar-refractivity contribution in [1.29, 1.82) is 0 Å². The fourth-order valence-corrected chi connectivity index (χ4v) is 18.5. The van der Waals surface area contributed by atoms with Crippen LogP contribution >= 0.6 is 23.5 Å². The summed E-state index contributed by atoms with van der Waals surface area (Å²) in [4.78, 5) is 12.0. The molecule has 0 amide bonds. The maximum Gasteiger partial charge on any atom is 0.122 e. The number of rotatable bonds is 14. The first kappa shape index (κ1) is 40.3. The first-order chi connectivity index (χ1) is 26.8. The van der Waals surface area contributed by atoms with E-state index in [1.165, 1.54) is 6.42 Å². The molecule has 11 heteroatoms. The summed E-state index contributed by atoms with van der Waals surface area (Å²) in [6.07, 6.45) is 6.33. The summed E-state index contributed by atoms with van der Waals surface area (Å²) in [5.41, 5.74) is 2.23. The Hall–Kier alpha value is -1.51. The van der Waals surface area contributed by atoms with Crippen molar-refractivity contribution in [3.63, 3.8) is 0 Å². The van der Waals surface area contributed by atoms with Gasteiger partial charge in [0.25, 0.3) is 0 Å². The number of carbonyl (C=O) groups excluding carboxylic acids is 1. The molecular formula is C44H60O8S2Si. The van der Waals surface area contributed by atoms with Crippen LogP contribution in [-0.2, 0) is 51.2 Å². The minimum absolute atomic E-state index is 0.0139. The summed E-state index contributed by atoms with van der Waals surface area (Å²) in [7, 11) is -1.87. The van der Waals surface area contributed by atoms with Crippen LogP contribution in [0.4, 0.5) is 0 Å². The van der Waals surface area contributed by atoms with E-state index >= 15 is 0 Å². The number of aldehydes is 1. The number of carbonyl (C=O) groups is 1. The summed E-state index contributed by atoms with van der Waals surface area (Å²) in [5.74, 6) is 2.31. The van der Waals surface area contributed by atoms with Crippen molar-refractivity contribution >= 4 is 37.9 Å². The molecule has 0 saturated carbocycles. The molecule has 55 heavy (non-hydrogen) atoms. The van der Waals surface area contributed by atoms with E-state index in [9.17, 15) is 4.79 Å². The van der Waals surface area contributed by atoms with Crippen molar-refractivity contribution < 1.29 is 38.0 Å². The van der Waals surface area contributed by atoms with E-state index in [0.717, 1.165) is 59.9 Å². The van der Waals surface area contributed by atoms with Gasteiger partial charge in [0.05, 0.1) is 61.1 Å². The van der Waals surface area contributed by atoms with Crippen LogP contribution in [0.5, 0.6) is 0 Å². The monoisotopic (exact) mass is 808 g/mol. The van der Waals surface area contributed by atoms with Gasteiger partial charge in [0.15, 0.2) is 0 Å². The van der Waals surface area contributed by atoms with Gasteiger partial charge in [-0.25, -0.2) is 0 Å². The Morgan fingerprint density at radius 1 is 0.764 bits per heavy atom. The molecule has 6 aliphatic heterocycles. The van der Waals surface area contributed by atoms with Gasteiger partial charge in [-0.2, -0.15) is 0 Å². The third-order valence-corrected chi connectivity index (χ3v) is 23.2. The molecule has 6 heterocycles. The molecule has 0 radical (unpaired) electrons. The quantitative estimate of drug-likeness (QED) is 0.0805. The number of benzene rings is 2. The molecule has 0 bridgehead atoms. The number of fused-ring (bicyclic) bond motifs is 4. The van der Waals surface area contributed by atoms with Crippen LogP contribution in [0.2, 0.25) is 18.1 Å². The fraction of sp³-hybridized carbons (Fsp3) is 0.659. The molecule has 300 valence electrons. The number of hydrogen-bond acceptors (Lipinski definition) is 10. The second-order valence-corrected chi connectivity index (χ2v) is 25.5. The van der Waals surface area contributed by atoms with Gasteiger partial charge in [-0.05, 0) is 42.4 Å².